The Kier molecular flexibility index (Phi) is 4.60. The fourth-order valence-electron chi connectivity index (χ4n) is 2.02. The lowest BCUT2D eigenvalue weighted by molar-refractivity contribution is -0.122. The zero-order valence-electron chi connectivity index (χ0n) is 9.84. The molecule has 0 spiro atoms. The van der Waals surface area contributed by atoms with Gasteiger partial charge >= 0.3 is 0 Å². The summed E-state index contributed by atoms with van der Waals surface area (Å²) < 4.78 is 5.31. The molecule has 1 saturated heterocycles. The van der Waals surface area contributed by atoms with E-state index in [9.17, 15) is 4.79 Å². The highest BCUT2D eigenvalue weighted by molar-refractivity contribution is 5.80. The van der Waals surface area contributed by atoms with Crippen molar-refractivity contribution in [3.8, 4) is 0 Å². The van der Waals surface area contributed by atoms with E-state index in [1.54, 1.807) is 0 Å². The van der Waals surface area contributed by atoms with Crippen LogP contribution in [0.15, 0.2) is 0 Å². The van der Waals surface area contributed by atoms with Gasteiger partial charge < -0.3 is 15.4 Å². The third-order valence-electron chi connectivity index (χ3n) is 3.32. The van der Waals surface area contributed by atoms with E-state index in [2.05, 4.69) is 10.6 Å². The Morgan fingerprint density at radius 2 is 1.88 bits per heavy atom. The first-order chi connectivity index (χ1) is 7.86. The van der Waals surface area contributed by atoms with Gasteiger partial charge in [-0.3, -0.25) is 4.79 Å². The van der Waals surface area contributed by atoms with Crippen LogP contribution in [0.25, 0.3) is 0 Å². The monoisotopic (exact) mass is 226 g/mol. The average Bonchev–Trinajstić information content (AvgIpc) is 3.13. The summed E-state index contributed by atoms with van der Waals surface area (Å²) in [5.41, 5.74) is 0. The summed E-state index contributed by atoms with van der Waals surface area (Å²) in [5.74, 6) is 1.33. The number of rotatable bonds is 6. The molecule has 2 rings (SSSR count). The van der Waals surface area contributed by atoms with Gasteiger partial charge in [-0.2, -0.15) is 0 Å². The number of hydrogen-bond donors (Lipinski definition) is 2. The molecule has 1 aliphatic heterocycles. The van der Waals surface area contributed by atoms with Crippen LogP contribution in [0.4, 0.5) is 0 Å². The van der Waals surface area contributed by atoms with E-state index >= 15 is 0 Å². The summed E-state index contributed by atoms with van der Waals surface area (Å²) in [5, 5.41) is 6.36. The maximum atomic E-state index is 11.3. The largest absolute Gasteiger partial charge is 0.381 e. The summed E-state index contributed by atoms with van der Waals surface area (Å²) >= 11 is 0. The first-order valence-electron chi connectivity index (χ1n) is 6.42. The lowest BCUT2D eigenvalue weighted by Crippen LogP contribution is -2.35. The predicted molar refractivity (Wildman–Crippen MR) is 62.1 cm³/mol. The van der Waals surface area contributed by atoms with Crippen molar-refractivity contribution >= 4 is 5.91 Å². The maximum Gasteiger partial charge on any atom is 0.223 e. The van der Waals surface area contributed by atoms with Gasteiger partial charge in [0.1, 0.15) is 0 Å². The molecular formula is C12H22N2O2. The molecule has 2 N–H and O–H groups in total. The molecule has 1 heterocycles. The second kappa shape index (κ2) is 6.21. The van der Waals surface area contributed by atoms with Crippen LogP contribution in [-0.2, 0) is 9.53 Å². The SMILES string of the molecule is O=C(NCCNCC1CCOCC1)C1CC1. The predicted octanol–water partition coefficient (Wildman–Crippen LogP) is 0.529. The summed E-state index contributed by atoms with van der Waals surface area (Å²) in [4.78, 5) is 11.3. The van der Waals surface area contributed by atoms with E-state index < -0.39 is 0 Å². The summed E-state index contributed by atoms with van der Waals surface area (Å²) in [7, 11) is 0. The Bertz CT molecular complexity index is 223. The number of hydrogen-bond acceptors (Lipinski definition) is 3. The lowest BCUT2D eigenvalue weighted by atomic mass is 10.0. The van der Waals surface area contributed by atoms with Crippen molar-refractivity contribution < 1.29 is 9.53 Å². The van der Waals surface area contributed by atoms with Gasteiger partial charge in [0.15, 0.2) is 0 Å². The van der Waals surface area contributed by atoms with E-state index in [0.29, 0.717) is 5.92 Å². The molecule has 0 bridgehead atoms. The standard InChI is InChI=1S/C12H22N2O2/c15-12(11-1-2-11)14-6-5-13-9-10-3-7-16-8-4-10/h10-11,13H,1-9H2,(H,14,15). The Balaban J connectivity index is 1.43. The number of carbonyl (C=O) groups excluding carboxylic acids is 1. The topological polar surface area (TPSA) is 50.4 Å². The molecule has 0 aromatic heterocycles. The number of carbonyl (C=O) groups is 1. The van der Waals surface area contributed by atoms with Crippen LogP contribution in [0.5, 0.6) is 0 Å². The fourth-order valence-corrected chi connectivity index (χ4v) is 2.02. The van der Waals surface area contributed by atoms with Crippen molar-refractivity contribution in [3.63, 3.8) is 0 Å². The molecule has 0 radical (unpaired) electrons. The molecule has 0 aromatic carbocycles. The number of amides is 1. The zero-order chi connectivity index (χ0) is 11.2. The first kappa shape index (κ1) is 11.9. The van der Waals surface area contributed by atoms with E-state index in [1.165, 1.54) is 12.8 Å². The maximum absolute atomic E-state index is 11.3. The minimum atomic E-state index is 0.243. The van der Waals surface area contributed by atoms with Crippen LogP contribution >= 0.6 is 0 Å². The van der Waals surface area contributed by atoms with Crippen LogP contribution in [0, 0.1) is 11.8 Å². The Morgan fingerprint density at radius 1 is 1.12 bits per heavy atom. The van der Waals surface area contributed by atoms with Gasteiger partial charge in [0.2, 0.25) is 5.91 Å². The number of ether oxygens (including phenoxy) is 1. The minimum Gasteiger partial charge on any atom is -0.381 e. The highest BCUT2D eigenvalue weighted by Gasteiger charge is 2.28. The van der Waals surface area contributed by atoms with Crippen LogP contribution in [0.1, 0.15) is 25.7 Å². The molecule has 2 aliphatic rings. The molecule has 92 valence electrons. The van der Waals surface area contributed by atoms with Gasteiger partial charge in [0.05, 0.1) is 0 Å². The van der Waals surface area contributed by atoms with Crippen molar-refractivity contribution in [1.29, 1.82) is 0 Å². The second-order valence-electron chi connectivity index (χ2n) is 4.83. The van der Waals surface area contributed by atoms with E-state index in [4.69, 9.17) is 4.74 Å². The van der Waals surface area contributed by atoms with Crippen LogP contribution < -0.4 is 10.6 Å². The van der Waals surface area contributed by atoms with E-state index in [-0.39, 0.29) is 5.91 Å². The molecule has 0 unspecified atom stereocenters. The van der Waals surface area contributed by atoms with Gasteiger partial charge in [-0.05, 0) is 38.1 Å². The molecule has 0 aromatic rings. The zero-order valence-corrected chi connectivity index (χ0v) is 9.84. The molecular weight excluding hydrogens is 204 g/mol. The second-order valence-corrected chi connectivity index (χ2v) is 4.83. The Morgan fingerprint density at radius 3 is 2.56 bits per heavy atom. The first-order valence-corrected chi connectivity index (χ1v) is 6.42. The van der Waals surface area contributed by atoms with E-state index in [1.807, 2.05) is 0 Å². The third-order valence-corrected chi connectivity index (χ3v) is 3.32. The average molecular weight is 226 g/mol. The summed E-state index contributed by atoms with van der Waals surface area (Å²) in [6.45, 7) is 4.52. The van der Waals surface area contributed by atoms with Gasteiger partial charge in [0.25, 0.3) is 0 Å². The van der Waals surface area contributed by atoms with Crippen LogP contribution in [-0.4, -0.2) is 38.8 Å². The van der Waals surface area contributed by atoms with Crippen molar-refractivity contribution in [2.24, 2.45) is 11.8 Å². The quantitative estimate of drug-likeness (QED) is 0.650. The molecule has 4 heteroatoms. The van der Waals surface area contributed by atoms with Crippen molar-refractivity contribution in [2.45, 2.75) is 25.7 Å². The van der Waals surface area contributed by atoms with Gasteiger partial charge in [-0.25, -0.2) is 0 Å². The third kappa shape index (κ3) is 4.10. The smallest absolute Gasteiger partial charge is 0.223 e. The van der Waals surface area contributed by atoms with Gasteiger partial charge in [-0.15, -0.1) is 0 Å². The summed E-state index contributed by atoms with van der Waals surface area (Å²) in [6, 6.07) is 0. The lowest BCUT2D eigenvalue weighted by Gasteiger charge is -2.22. The minimum absolute atomic E-state index is 0.243. The molecule has 1 aliphatic carbocycles. The molecule has 16 heavy (non-hydrogen) atoms. The summed E-state index contributed by atoms with van der Waals surface area (Å²) in [6.07, 6.45) is 4.51. The molecule has 4 nitrogen and oxygen atoms in total. The van der Waals surface area contributed by atoms with Crippen molar-refractivity contribution in [1.82, 2.24) is 10.6 Å². The molecule has 2 fully saturated rings. The van der Waals surface area contributed by atoms with E-state index in [0.717, 1.165) is 51.6 Å². The highest BCUT2D eigenvalue weighted by atomic mass is 16.5. The van der Waals surface area contributed by atoms with Crippen molar-refractivity contribution in [2.75, 3.05) is 32.8 Å². The molecule has 1 saturated carbocycles. The van der Waals surface area contributed by atoms with Gasteiger partial charge in [0, 0.05) is 32.2 Å². The Hall–Kier alpha value is -0.610. The fraction of sp³-hybridized carbons (Fsp3) is 0.917. The van der Waals surface area contributed by atoms with Crippen LogP contribution in [0.2, 0.25) is 0 Å². The highest BCUT2D eigenvalue weighted by Crippen LogP contribution is 2.28. The number of nitrogens with one attached hydrogen (secondary N) is 2. The van der Waals surface area contributed by atoms with Crippen molar-refractivity contribution in [3.05, 3.63) is 0 Å². The van der Waals surface area contributed by atoms with Crippen LogP contribution in [0.3, 0.4) is 0 Å². The molecule has 0 atom stereocenters. The molecule has 1 amide bonds. The Labute approximate surface area is 97.1 Å². The van der Waals surface area contributed by atoms with Gasteiger partial charge in [-0.1, -0.05) is 0 Å². The normalized spacial score (nSPS) is 22.0.